The Labute approximate surface area is 167 Å². The summed E-state index contributed by atoms with van der Waals surface area (Å²) in [5, 5.41) is 4.34. The molecule has 0 atom stereocenters. The van der Waals surface area contributed by atoms with Gasteiger partial charge < -0.3 is 14.2 Å². The highest BCUT2D eigenvalue weighted by Gasteiger charge is 2.33. The maximum Gasteiger partial charge on any atom is 0.265 e. The van der Waals surface area contributed by atoms with E-state index in [4.69, 9.17) is 26.4 Å². The number of nitrogens with zero attached hydrogens (tertiary/aromatic N) is 1. The first kappa shape index (κ1) is 19.8. The molecule has 2 aromatic carbocycles. The van der Waals surface area contributed by atoms with E-state index in [2.05, 4.69) is 5.32 Å². The van der Waals surface area contributed by atoms with Crippen LogP contribution in [0, 0.1) is 0 Å². The van der Waals surface area contributed by atoms with Crippen molar-refractivity contribution in [3.8, 4) is 11.5 Å². The molecule has 0 unspecified atom stereocenters. The van der Waals surface area contributed by atoms with Gasteiger partial charge in [-0.1, -0.05) is 12.1 Å². The second-order valence-corrected chi connectivity index (χ2v) is 6.42. The van der Waals surface area contributed by atoms with Crippen LogP contribution in [0.3, 0.4) is 0 Å². The molecule has 1 saturated heterocycles. The van der Waals surface area contributed by atoms with E-state index >= 15 is 0 Å². The molecular weight excluding hydrogens is 380 g/mol. The van der Waals surface area contributed by atoms with Crippen LogP contribution in [-0.4, -0.2) is 56.3 Å². The van der Waals surface area contributed by atoms with E-state index in [0.717, 1.165) is 10.8 Å². The first-order valence-electron chi connectivity index (χ1n) is 8.52. The molecule has 2 amide bonds. The summed E-state index contributed by atoms with van der Waals surface area (Å²) in [6.07, 6.45) is 1.53. The lowest BCUT2D eigenvalue weighted by molar-refractivity contribution is -0.129. The minimum Gasteiger partial charge on any atom is -0.497 e. The van der Waals surface area contributed by atoms with Crippen molar-refractivity contribution in [3.63, 3.8) is 0 Å². The van der Waals surface area contributed by atoms with E-state index in [0.29, 0.717) is 23.7 Å². The summed E-state index contributed by atoms with van der Waals surface area (Å²) in [5.74, 6) is 0.159. The zero-order valence-corrected chi connectivity index (χ0v) is 16.6. The average Bonchev–Trinajstić information content (AvgIpc) is 2.70. The van der Waals surface area contributed by atoms with E-state index in [-0.39, 0.29) is 17.2 Å². The quantitative estimate of drug-likeness (QED) is 0.455. The predicted molar refractivity (Wildman–Crippen MR) is 109 cm³/mol. The van der Waals surface area contributed by atoms with Gasteiger partial charge >= 0.3 is 0 Å². The molecule has 1 aliphatic rings. The average molecular weight is 400 g/mol. The molecule has 0 radical (unpaired) electrons. The summed E-state index contributed by atoms with van der Waals surface area (Å²) >= 11 is 5.12. The second-order valence-electron chi connectivity index (χ2n) is 6.04. The number of nitrogens with one attached hydrogen (secondary N) is 1. The minimum absolute atomic E-state index is 0.0293. The Morgan fingerprint density at radius 1 is 1.11 bits per heavy atom. The van der Waals surface area contributed by atoms with Gasteiger partial charge in [-0.15, -0.1) is 0 Å². The number of rotatable bonds is 6. The molecule has 1 aliphatic heterocycles. The van der Waals surface area contributed by atoms with Gasteiger partial charge in [-0.05, 0) is 47.3 Å². The molecule has 7 nitrogen and oxygen atoms in total. The molecule has 146 valence electrons. The summed E-state index contributed by atoms with van der Waals surface area (Å²) in [6.45, 7) is 0.538. The highest BCUT2D eigenvalue weighted by molar-refractivity contribution is 7.80. The molecule has 28 heavy (non-hydrogen) atoms. The molecular formula is C20H20N2O5S. The van der Waals surface area contributed by atoms with Crippen molar-refractivity contribution in [2.45, 2.75) is 0 Å². The Kier molecular flexibility index (Phi) is 5.91. The lowest BCUT2D eigenvalue weighted by atomic mass is 9.99. The number of hydrogen-bond acceptors (Lipinski definition) is 6. The topological polar surface area (TPSA) is 77.1 Å². The fourth-order valence-corrected chi connectivity index (χ4v) is 3.25. The smallest absolute Gasteiger partial charge is 0.265 e. The summed E-state index contributed by atoms with van der Waals surface area (Å²) in [6, 6.07) is 9.27. The van der Waals surface area contributed by atoms with Crippen LogP contribution in [0.25, 0.3) is 16.8 Å². The molecule has 8 heteroatoms. The van der Waals surface area contributed by atoms with Crippen LogP contribution >= 0.6 is 12.2 Å². The predicted octanol–water partition coefficient (Wildman–Crippen LogP) is 2.13. The minimum atomic E-state index is -0.550. The number of thiocarbonyl (C=S) groups is 1. The van der Waals surface area contributed by atoms with Gasteiger partial charge in [0, 0.05) is 12.7 Å². The monoisotopic (exact) mass is 400 g/mol. The van der Waals surface area contributed by atoms with Crippen molar-refractivity contribution in [1.29, 1.82) is 0 Å². The summed E-state index contributed by atoms with van der Waals surface area (Å²) in [7, 11) is 4.64. The van der Waals surface area contributed by atoms with Crippen LogP contribution < -0.4 is 14.8 Å². The van der Waals surface area contributed by atoms with Crippen molar-refractivity contribution in [3.05, 3.63) is 41.5 Å². The van der Waals surface area contributed by atoms with Gasteiger partial charge in [0.05, 0.1) is 27.4 Å². The number of benzene rings is 2. The third kappa shape index (κ3) is 3.69. The molecule has 0 bridgehead atoms. The fourth-order valence-electron chi connectivity index (χ4n) is 2.98. The number of amides is 2. The standard InChI is InChI=1S/C20H20N2O5S/c1-25-9-8-22-19(24)16(18(23)21-20(22)28)11-15-14-10-13(26-2)6-4-12(14)5-7-17(15)27-3/h4-7,10-11H,8-9H2,1-3H3,(H,21,23,28). The maximum absolute atomic E-state index is 12.9. The number of carbonyl (C=O) groups is 2. The zero-order chi connectivity index (χ0) is 20.3. The number of fused-ring (bicyclic) bond motifs is 1. The van der Waals surface area contributed by atoms with Crippen LogP contribution in [-0.2, 0) is 14.3 Å². The van der Waals surface area contributed by atoms with Crippen molar-refractivity contribution in [1.82, 2.24) is 10.2 Å². The van der Waals surface area contributed by atoms with Gasteiger partial charge in [0.2, 0.25) is 0 Å². The van der Waals surface area contributed by atoms with Crippen LogP contribution in [0.15, 0.2) is 35.9 Å². The van der Waals surface area contributed by atoms with Crippen LogP contribution in [0.4, 0.5) is 0 Å². The number of methoxy groups -OCH3 is 3. The molecule has 1 N–H and O–H groups in total. The Morgan fingerprint density at radius 3 is 2.54 bits per heavy atom. The van der Waals surface area contributed by atoms with Gasteiger partial charge in [0.15, 0.2) is 5.11 Å². The van der Waals surface area contributed by atoms with Crippen molar-refractivity contribution >= 4 is 46.0 Å². The van der Waals surface area contributed by atoms with Gasteiger partial charge in [-0.25, -0.2) is 0 Å². The highest BCUT2D eigenvalue weighted by atomic mass is 32.1. The SMILES string of the molecule is COCCN1C(=O)C(=Cc2c(OC)ccc3ccc(OC)cc23)C(=O)NC1=S. The molecule has 1 heterocycles. The first-order chi connectivity index (χ1) is 13.5. The van der Waals surface area contributed by atoms with Gasteiger partial charge in [-0.3, -0.25) is 19.8 Å². The fraction of sp³-hybridized carbons (Fsp3) is 0.250. The van der Waals surface area contributed by atoms with Crippen molar-refractivity contribution in [2.75, 3.05) is 34.5 Å². The van der Waals surface area contributed by atoms with Gasteiger partial charge in [-0.2, -0.15) is 0 Å². The van der Waals surface area contributed by atoms with E-state index in [9.17, 15) is 9.59 Å². The van der Waals surface area contributed by atoms with Crippen molar-refractivity contribution < 1.29 is 23.8 Å². The third-order valence-corrected chi connectivity index (χ3v) is 4.77. The van der Waals surface area contributed by atoms with Crippen LogP contribution in [0.1, 0.15) is 5.56 Å². The summed E-state index contributed by atoms with van der Waals surface area (Å²) in [5.41, 5.74) is 0.579. The maximum atomic E-state index is 12.9. The van der Waals surface area contributed by atoms with E-state index in [1.165, 1.54) is 25.2 Å². The van der Waals surface area contributed by atoms with E-state index in [1.54, 1.807) is 13.2 Å². The second kappa shape index (κ2) is 8.37. The highest BCUT2D eigenvalue weighted by Crippen LogP contribution is 2.33. The summed E-state index contributed by atoms with van der Waals surface area (Å²) < 4.78 is 15.8. The van der Waals surface area contributed by atoms with E-state index < -0.39 is 11.8 Å². The lowest BCUT2D eigenvalue weighted by Gasteiger charge is -2.28. The Balaban J connectivity index is 2.15. The largest absolute Gasteiger partial charge is 0.497 e. The molecule has 0 aromatic heterocycles. The molecule has 1 fully saturated rings. The number of hydrogen-bond donors (Lipinski definition) is 1. The van der Waals surface area contributed by atoms with Gasteiger partial charge in [0.1, 0.15) is 17.1 Å². The third-order valence-electron chi connectivity index (χ3n) is 4.44. The zero-order valence-electron chi connectivity index (χ0n) is 15.8. The summed E-state index contributed by atoms with van der Waals surface area (Å²) in [4.78, 5) is 26.7. The first-order valence-corrected chi connectivity index (χ1v) is 8.93. The van der Waals surface area contributed by atoms with Crippen LogP contribution in [0.2, 0.25) is 0 Å². The van der Waals surface area contributed by atoms with Crippen LogP contribution in [0.5, 0.6) is 11.5 Å². The Morgan fingerprint density at radius 2 is 1.86 bits per heavy atom. The molecule has 0 aliphatic carbocycles. The molecule has 3 rings (SSSR count). The van der Waals surface area contributed by atoms with E-state index in [1.807, 2.05) is 24.3 Å². The van der Waals surface area contributed by atoms with Crippen molar-refractivity contribution in [2.24, 2.45) is 0 Å². The Bertz CT molecular complexity index is 981. The molecule has 0 saturated carbocycles. The lowest BCUT2D eigenvalue weighted by Crippen LogP contribution is -2.54. The Hall–Kier alpha value is -2.97. The number of ether oxygens (including phenoxy) is 3. The molecule has 0 spiro atoms. The normalized spacial score (nSPS) is 15.9. The number of carbonyl (C=O) groups excluding carboxylic acids is 2. The molecule has 2 aromatic rings. The van der Waals surface area contributed by atoms with Gasteiger partial charge in [0.25, 0.3) is 11.8 Å².